The fourth-order valence-corrected chi connectivity index (χ4v) is 6.73. The van der Waals surface area contributed by atoms with E-state index in [-0.39, 0.29) is 10.6 Å². The van der Waals surface area contributed by atoms with Crippen LogP contribution in [0.4, 0.5) is 17.1 Å². The zero-order chi connectivity index (χ0) is 23.3. The predicted octanol–water partition coefficient (Wildman–Crippen LogP) is 4.58. The summed E-state index contributed by atoms with van der Waals surface area (Å²) in [6.07, 6.45) is 5.32. The second-order valence-electron chi connectivity index (χ2n) is 10.2. The maximum absolute atomic E-state index is 12.7. The molecule has 8 heteroatoms. The van der Waals surface area contributed by atoms with Gasteiger partial charge in [0.1, 0.15) is 5.84 Å². The fraction of sp³-hybridized carbons (Fsp3) is 0.462. The number of non-ortho nitro benzene ring substituents is 1. The first-order valence-electron chi connectivity index (χ1n) is 12.2. The molecule has 6 rings (SSSR count). The molecule has 4 atom stereocenters. The Kier molecular flexibility index (Phi) is 5.04. The average molecular weight is 460 g/mol. The van der Waals surface area contributed by atoms with Crippen molar-refractivity contribution in [3.63, 3.8) is 0 Å². The van der Waals surface area contributed by atoms with Crippen LogP contribution in [-0.4, -0.2) is 39.7 Å². The molecule has 2 aromatic carbocycles. The van der Waals surface area contributed by atoms with Crippen LogP contribution >= 0.6 is 0 Å². The molecule has 34 heavy (non-hydrogen) atoms. The second-order valence-corrected chi connectivity index (χ2v) is 10.2. The summed E-state index contributed by atoms with van der Waals surface area (Å²) < 4.78 is 0. The number of carbonyl (C=O) groups is 1. The van der Waals surface area contributed by atoms with Gasteiger partial charge in [-0.1, -0.05) is 30.3 Å². The summed E-state index contributed by atoms with van der Waals surface area (Å²) in [5, 5.41) is 18.7. The summed E-state index contributed by atoms with van der Waals surface area (Å²) in [5.41, 5.74) is 2.36. The standard InChI is InChI=1S/C26H29N5O3/c32-23-8-4-7-18-14-26(15-19-11-12-30(23)24(18)19)25(27-16-17-5-2-1-3-6-17)28-21-10-9-20(31(33)34)13-22(21)29-26/h1-3,5-6,9-10,13,18-19,24,29H,4,7-8,11-12,14-16H2,(H,27,28)/t18-,19+,24-,26+/m1/s1. The quantitative estimate of drug-likeness (QED) is 0.517. The highest BCUT2D eigenvalue weighted by atomic mass is 16.6. The zero-order valence-corrected chi connectivity index (χ0v) is 19.1. The van der Waals surface area contributed by atoms with Crippen molar-refractivity contribution in [3.8, 4) is 0 Å². The minimum absolute atomic E-state index is 0.0775. The molecule has 1 spiro atoms. The van der Waals surface area contributed by atoms with Crippen LogP contribution in [0.5, 0.6) is 0 Å². The summed E-state index contributed by atoms with van der Waals surface area (Å²) in [6.45, 7) is 1.41. The van der Waals surface area contributed by atoms with Crippen LogP contribution in [0.1, 0.15) is 44.1 Å². The first kappa shape index (κ1) is 21.1. The topological polar surface area (TPSA) is 99.9 Å². The molecule has 3 fully saturated rings. The number of nitrogens with one attached hydrogen (secondary N) is 2. The van der Waals surface area contributed by atoms with Crippen molar-refractivity contribution in [1.82, 2.24) is 4.90 Å². The number of benzene rings is 2. The highest BCUT2D eigenvalue weighted by Gasteiger charge is 2.55. The van der Waals surface area contributed by atoms with Crippen LogP contribution in [-0.2, 0) is 11.3 Å². The van der Waals surface area contributed by atoms with Crippen LogP contribution in [0.2, 0.25) is 0 Å². The third kappa shape index (κ3) is 3.52. The number of amidine groups is 1. The van der Waals surface area contributed by atoms with Crippen molar-refractivity contribution in [2.24, 2.45) is 16.8 Å². The number of aliphatic imine (C=N–C) groups is 1. The largest absolute Gasteiger partial charge is 0.371 e. The van der Waals surface area contributed by atoms with E-state index in [4.69, 9.17) is 4.99 Å². The maximum Gasteiger partial charge on any atom is 0.271 e. The van der Waals surface area contributed by atoms with Gasteiger partial charge in [-0.05, 0) is 55.6 Å². The Labute approximate surface area is 198 Å². The Hall–Kier alpha value is -3.42. The highest BCUT2D eigenvalue weighted by molar-refractivity contribution is 6.09. The van der Waals surface area contributed by atoms with Gasteiger partial charge in [-0.15, -0.1) is 0 Å². The molecule has 1 saturated carbocycles. The SMILES string of the molecule is O=C1CCC[C@@H]2C[C@@]3(C[C@@H]4CCN1[C@H]24)Nc1cc([N+](=O)[O-])ccc1NC3=NCc1ccccc1. The monoisotopic (exact) mass is 459 g/mol. The first-order chi connectivity index (χ1) is 16.5. The van der Waals surface area contributed by atoms with E-state index in [0.29, 0.717) is 36.8 Å². The van der Waals surface area contributed by atoms with Crippen LogP contribution in [0, 0.1) is 22.0 Å². The molecule has 176 valence electrons. The molecular formula is C26H29N5O3. The van der Waals surface area contributed by atoms with Crippen molar-refractivity contribution in [3.05, 3.63) is 64.2 Å². The number of fused-ring (bicyclic) bond motifs is 1. The van der Waals surface area contributed by atoms with Crippen LogP contribution in [0.15, 0.2) is 53.5 Å². The minimum Gasteiger partial charge on any atom is -0.371 e. The average Bonchev–Trinajstić information content (AvgIpc) is 3.19. The molecule has 0 unspecified atom stereocenters. The van der Waals surface area contributed by atoms with Crippen molar-refractivity contribution in [1.29, 1.82) is 0 Å². The van der Waals surface area contributed by atoms with Gasteiger partial charge in [0.2, 0.25) is 5.91 Å². The summed E-state index contributed by atoms with van der Waals surface area (Å²) >= 11 is 0. The number of rotatable bonds is 3. The van der Waals surface area contributed by atoms with Gasteiger partial charge in [0.15, 0.2) is 0 Å². The van der Waals surface area contributed by atoms with Gasteiger partial charge < -0.3 is 15.5 Å². The van der Waals surface area contributed by atoms with Gasteiger partial charge in [0.25, 0.3) is 5.69 Å². The molecule has 1 amide bonds. The Morgan fingerprint density at radius 2 is 1.88 bits per heavy atom. The third-order valence-corrected chi connectivity index (χ3v) is 8.13. The third-order valence-electron chi connectivity index (χ3n) is 8.13. The second kappa shape index (κ2) is 8.11. The normalized spacial score (nSPS) is 30.8. The van der Waals surface area contributed by atoms with Crippen molar-refractivity contribution in [2.75, 3.05) is 17.2 Å². The molecular weight excluding hydrogens is 430 g/mol. The van der Waals surface area contributed by atoms with E-state index in [2.05, 4.69) is 27.7 Å². The number of anilines is 2. The van der Waals surface area contributed by atoms with Crippen molar-refractivity contribution < 1.29 is 9.72 Å². The van der Waals surface area contributed by atoms with Gasteiger partial charge in [0, 0.05) is 31.1 Å². The molecule has 1 aliphatic carbocycles. The van der Waals surface area contributed by atoms with Crippen LogP contribution in [0.25, 0.3) is 0 Å². The maximum atomic E-state index is 12.7. The molecule has 4 aliphatic rings. The lowest BCUT2D eigenvalue weighted by atomic mass is 9.65. The van der Waals surface area contributed by atoms with Gasteiger partial charge in [-0.2, -0.15) is 0 Å². The summed E-state index contributed by atoms with van der Waals surface area (Å²) in [7, 11) is 0. The molecule has 8 nitrogen and oxygen atoms in total. The molecule has 2 saturated heterocycles. The number of carbonyl (C=O) groups excluding carboxylic acids is 1. The van der Waals surface area contributed by atoms with Gasteiger partial charge >= 0.3 is 0 Å². The van der Waals surface area contributed by atoms with E-state index >= 15 is 0 Å². The van der Waals surface area contributed by atoms with E-state index in [1.807, 2.05) is 18.2 Å². The molecule has 2 N–H and O–H groups in total. The van der Waals surface area contributed by atoms with E-state index in [1.165, 1.54) is 6.07 Å². The van der Waals surface area contributed by atoms with E-state index in [0.717, 1.165) is 61.4 Å². The van der Waals surface area contributed by atoms with Crippen LogP contribution < -0.4 is 10.6 Å². The van der Waals surface area contributed by atoms with Crippen LogP contribution in [0.3, 0.4) is 0 Å². The van der Waals surface area contributed by atoms with E-state index in [1.54, 1.807) is 12.1 Å². The van der Waals surface area contributed by atoms with Crippen molar-refractivity contribution in [2.45, 2.75) is 56.7 Å². The van der Waals surface area contributed by atoms with Gasteiger partial charge in [-0.3, -0.25) is 19.9 Å². The van der Waals surface area contributed by atoms with E-state index in [9.17, 15) is 14.9 Å². The number of nitro benzene ring substituents is 1. The summed E-state index contributed by atoms with van der Waals surface area (Å²) in [6, 6.07) is 15.4. The first-order valence-corrected chi connectivity index (χ1v) is 12.2. The zero-order valence-electron chi connectivity index (χ0n) is 19.1. The Bertz CT molecular complexity index is 1170. The van der Waals surface area contributed by atoms with Gasteiger partial charge in [-0.25, -0.2) is 0 Å². The lowest BCUT2D eigenvalue weighted by Crippen LogP contribution is -2.60. The Morgan fingerprint density at radius 3 is 2.68 bits per heavy atom. The fourth-order valence-electron chi connectivity index (χ4n) is 6.73. The summed E-state index contributed by atoms with van der Waals surface area (Å²) in [4.78, 5) is 31.0. The lowest BCUT2D eigenvalue weighted by Gasteiger charge is -2.51. The number of amides is 1. The predicted molar refractivity (Wildman–Crippen MR) is 131 cm³/mol. The van der Waals surface area contributed by atoms with Gasteiger partial charge in [0.05, 0.1) is 28.4 Å². The lowest BCUT2D eigenvalue weighted by molar-refractivity contribution is -0.384. The summed E-state index contributed by atoms with van der Waals surface area (Å²) in [5.74, 6) is 2.01. The number of nitro groups is 1. The van der Waals surface area contributed by atoms with Crippen molar-refractivity contribution >= 4 is 28.8 Å². The molecule has 0 radical (unpaired) electrons. The van der Waals surface area contributed by atoms with E-state index < -0.39 is 5.54 Å². The number of hydrogen-bond donors (Lipinski definition) is 2. The minimum atomic E-state index is -0.424. The number of nitrogens with zero attached hydrogens (tertiary/aromatic N) is 3. The molecule has 2 aromatic rings. The molecule has 0 bridgehead atoms. The Morgan fingerprint density at radius 1 is 1.09 bits per heavy atom. The highest BCUT2D eigenvalue weighted by Crippen LogP contribution is 2.51. The number of hydrogen-bond acceptors (Lipinski definition) is 5. The smallest absolute Gasteiger partial charge is 0.271 e. The molecule has 3 aliphatic heterocycles. The molecule has 3 heterocycles. The molecule has 0 aromatic heterocycles. The Balaban J connectivity index is 1.40.